The lowest BCUT2D eigenvalue weighted by molar-refractivity contribution is 0.370. The minimum absolute atomic E-state index is 0.518. The van der Waals surface area contributed by atoms with Gasteiger partial charge in [0, 0.05) is 18.8 Å². The molecule has 4 nitrogen and oxygen atoms in total. The summed E-state index contributed by atoms with van der Waals surface area (Å²) in [6.07, 6.45) is 7.36. The van der Waals surface area contributed by atoms with Gasteiger partial charge in [-0.1, -0.05) is 24.4 Å². The maximum absolute atomic E-state index is 5.60. The Morgan fingerprint density at radius 3 is 2.81 bits per heavy atom. The number of nitrogens with one attached hydrogen (secondary N) is 1. The third-order valence-corrected chi connectivity index (χ3v) is 3.23. The lowest BCUT2D eigenvalue weighted by Crippen LogP contribution is -2.17. The van der Waals surface area contributed by atoms with E-state index in [-0.39, 0.29) is 0 Å². The highest BCUT2D eigenvalue weighted by atomic mass is 35.5. The number of anilines is 1. The predicted octanol–water partition coefficient (Wildman–Crippen LogP) is 2.84. The van der Waals surface area contributed by atoms with Gasteiger partial charge >= 0.3 is 6.01 Å². The molecule has 0 bridgehead atoms. The van der Waals surface area contributed by atoms with Crippen molar-refractivity contribution in [3.05, 3.63) is 5.89 Å². The van der Waals surface area contributed by atoms with Crippen LogP contribution in [0, 0.1) is 5.92 Å². The Bertz CT molecular complexity index is 310. The molecule has 90 valence electrons. The number of nitrogens with zero attached hydrogens (tertiary/aromatic N) is 2. The molecule has 0 aliphatic heterocycles. The first-order valence-corrected chi connectivity index (χ1v) is 6.54. The maximum atomic E-state index is 5.60. The smallest absolute Gasteiger partial charge is 0.315 e. The lowest BCUT2D eigenvalue weighted by Gasteiger charge is -2.20. The molecule has 1 aromatic rings. The fourth-order valence-corrected chi connectivity index (χ4v) is 2.29. The van der Waals surface area contributed by atoms with Gasteiger partial charge in [-0.15, -0.1) is 16.7 Å². The van der Waals surface area contributed by atoms with Gasteiger partial charge in [0.25, 0.3) is 0 Å². The van der Waals surface area contributed by atoms with Crippen molar-refractivity contribution in [3.8, 4) is 0 Å². The predicted molar refractivity (Wildman–Crippen MR) is 63.8 cm³/mol. The van der Waals surface area contributed by atoms with E-state index in [4.69, 9.17) is 16.0 Å². The van der Waals surface area contributed by atoms with Gasteiger partial charge in [-0.2, -0.15) is 0 Å². The molecule has 1 heterocycles. The largest absolute Gasteiger partial charge is 0.408 e. The number of aryl methyl sites for hydroxylation is 1. The molecule has 1 aliphatic carbocycles. The second-order valence-corrected chi connectivity index (χ2v) is 4.70. The summed E-state index contributed by atoms with van der Waals surface area (Å²) in [6.45, 7) is 0.947. The topological polar surface area (TPSA) is 51.0 Å². The van der Waals surface area contributed by atoms with Crippen molar-refractivity contribution in [1.82, 2.24) is 10.2 Å². The van der Waals surface area contributed by atoms with Crippen molar-refractivity contribution in [1.29, 1.82) is 0 Å². The van der Waals surface area contributed by atoms with E-state index in [1.165, 1.54) is 32.1 Å². The van der Waals surface area contributed by atoms with Gasteiger partial charge in [0.2, 0.25) is 5.89 Å². The molecule has 0 spiro atoms. The molecule has 0 radical (unpaired) electrons. The normalized spacial score (nSPS) is 17.6. The van der Waals surface area contributed by atoms with Crippen LogP contribution in [-0.2, 0) is 6.42 Å². The van der Waals surface area contributed by atoms with Crippen molar-refractivity contribution in [2.24, 2.45) is 5.92 Å². The second-order valence-electron chi connectivity index (χ2n) is 4.32. The summed E-state index contributed by atoms with van der Waals surface area (Å²) in [5, 5.41) is 11.0. The quantitative estimate of drug-likeness (QED) is 0.808. The SMILES string of the molecule is ClCCc1nnc(NCC2CCCCC2)o1. The zero-order valence-electron chi connectivity index (χ0n) is 9.41. The van der Waals surface area contributed by atoms with Crippen molar-refractivity contribution < 1.29 is 4.42 Å². The minimum Gasteiger partial charge on any atom is -0.408 e. The maximum Gasteiger partial charge on any atom is 0.315 e. The zero-order chi connectivity index (χ0) is 11.2. The van der Waals surface area contributed by atoms with Gasteiger partial charge in [0.05, 0.1) is 0 Å². The molecule has 0 saturated heterocycles. The van der Waals surface area contributed by atoms with E-state index in [0.717, 1.165) is 12.5 Å². The van der Waals surface area contributed by atoms with E-state index in [0.29, 0.717) is 24.2 Å². The van der Waals surface area contributed by atoms with E-state index in [1.54, 1.807) is 0 Å². The summed E-state index contributed by atoms with van der Waals surface area (Å²) in [6, 6.07) is 0.533. The molecule has 1 aliphatic rings. The molecule has 5 heteroatoms. The highest BCUT2D eigenvalue weighted by Crippen LogP contribution is 2.23. The molecule has 0 amide bonds. The number of rotatable bonds is 5. The average molecular weight is 244 g/mol. The Hall–Kier alpha value is -0.770. The highest BCUT2D eigenvalue weighted by Gasteiger charge is 2.14. The molecule has 2 rings (SSSR count). The molecular formula is C11H18ClN3O. The van der Waals surface area contributed by atoms with Crippen LogP contribution in [0.15, 0.2) is 4.42 Å². The molecule has 0 atom stereocenters. The van der Waals surface area contributed by atoms with E-state index in [9.17, 15) is 0 Å². The van der Waals surface area contributed by atoms with E-state index >= 15 is 0 Å². The van der Waals surface area contributed by atoms with Gasteiger partial charge in [-0.05, 0) is 18.8 Å². The Morgan fingerprint density at radius 1 is 1.25 bits per heavy atom. The van der Waals surface area contributed by atoms with Gasteiger partial charge in [-0.3, -0.25) is 0 Å². The summed E-state index contributed by atoms with van der Waals surface area (Å²) in [7, 11) is 0. The Kier molecular flexibility index (Phi) is 4.45. The second kappa shape index (κ2) is 6.09. The summed E-state index contributed by atoms with van der Waals surface area (Å²) < 4.78 is 5.40. The van der Waals surface area contributed by atoms with Gasteiger partial charge < -0.3 is 9.73 Å². The first-order valence-electron chi connectivity index (χ1n) is 6.00. The van der Waals surface area contributed by atoms with E-state index < -0.39 is 0 Å². The Balaban J connectivity index is 1.75. The fourth-order valence-electron chi connectivity index (χ4n) is 2.13. The molecule has 0 aromatic carbocycles. The Morgan fingerprint density at radius 2 is 2.06 bits per heavy atom. The third-order valence-electron chi connectivity index (χ3n) is 3.04. The van der Waals surface area contributed by atoms with Crippen LogP contribution in [0.3, 0.4) is 0 Å². The highest BCUT2D eigenvalue weighted by molar-refractivity contribution is 6.17. The monoisotopic (exact) mass is 243 g/mol. The molecule has 1 fully saturated rings. The summed E-state index contributed by atoms with van der Waals surface area (Å²) in [4.78, 5) is 0. The van der Waals surface area contributed by atoms with Gasteiger partial charge in [-0.25, -0.2) is 0 Å². The number of alkyl halides is 1. The van der Waals surface area contributed by atoms with Gasteiger partial charge in [0.15, 0.2) is 0 Å². The first kappa shape index (κ1) is 11.7. The number of halogens is 1. The number of aromatic nitrogens is 2. The van der Waals surface area contributed by atoms with Crippen LogP contribution in [0.5, 0.6) is 0 Å². The zero-order valence-corrected chi connectivity index (χ0v) is 10.2. The van der Waals surface area contributed by atoms with Crippen LogP contribution in [0.2, 0.25) is 0 Å². The summed E-state index contributed by atoms with van der Waals surface area (Å²) in [5.41, 5.74) is 0. The van der Waals surface area contributed by atoms with Crippen LogP contribution >= 0.6 is 11.6 Å². The first-order chi connectivity index (χ1) is 7.88. The van der Waals surface area contributed by atoms with Crippen molar-refractivity contribution >= 4 is 17.6 Å². The van der Waals surface area contributed by atoms with Crippen LogP contribution in [0.25, 0.3) is 0 Å². The lowest BCUT2D eigenvalue weighted by atomic mass is 9.89. The average Bonchev–Trinajstić information content (AvgIpc) is 2.76. The molecule has 1 saturated carbocycles. The van der Waals surface area contributed by atoms with Crippen molar-refractivity contribution in [2.75, 3.05) is 17.7 Å². The standard InChI is InChI=1S/C11H18ClN3O/c12-7-6-10-14-15-11(16-10)13-8-9-4-2-1-3-5-9/h9H,1-8H2,(H,13,15). The summed E-state index contributed by atoms with van der Waals surface area (Å²) in [5.74, 6) is 1.89. The van der Waals surface area contributed by atoms with Gasteiger partial charge in [0.1, 0.15) is 0 Å². The number of hydrogen-bond acceptors (Lipinski definition) is 4. The van der Waals surface area contributed by atoms with Crippen LogP contribution in [-0.4, -0.2) is 22.6 Å². The van der Waals surface area contributed by atoms with Crippen molar-refractivity contribution in [2.45, 2.75) is 38.5 Å². The van der Waals surface area contributed by atoms with Crippen LogP contribution in [0.1, 0.15) is 38.0 Å². The molecular weight excluding hydrogens is 226 g/mol. The van der Waals surface area contributed by atoms with E-state index in [2.05, 4.69) is 15.5 Å². The van der Waals surface area contributed by atoms with Crippen LogP contribution < -0.4 is 5.32 Å². The van der Waals surface area contributed by atoms with E-state index in [1.807, 2.05) is 0 Å². The summed E-state index contributed by atoms with van der Waals surface area (Å²) >= 11 is 5.60. The number of hydrogen-bond donors (Lipinski definition) is 1. The molecule has 16 heavy (non-hydrogen) atoms. The minimum atomic E-state index is 0.518. The Labute approximate surface area is 101 Å². The van der Waals surface area contributed by atoms with Crippen LogP contribution in [0.4, 0.5) is 6.01 Å². The van der Waals surface area contributed by atoms with Crippen molar-refractivity contribution in [3.63, 3.8) is 0 Å². The third kappa shape index (κ3) is 3.37. The molecule has 1 aromatic heterocycles. The fraction of sp³-hybridized carbons (Fsp3) is 0.818. The molecule has 0 unspecified atom stereocenters. The molecule has 1 N–H and O–H groups in total.